The van der Waals surface area contributed by atoms with Gasteiger partial charge in [-0.3, -0.25) is 0 Å². The van der Waals surface area contributed by atoms with Gasteiger partial charge < -0.3 is 10.4 Å². The first-order valence-corrected chi connectivity index (χ1v) is 5.12. The molecule has 5 heteroatoms. The first-order valence-electron chi connectivity index (χ1n) is 5.12. The van der Waals surface area contributed by atoms with Gasteiger partial charge in [-0.05, 0) is 30.3 Å². The van der Waals surface area contributed by atoms with Gasteiger partial charge in [0.2, 0.25) is 0 Å². The van der Waals surface area contributed by atoms with Crippen molar-refractivity contribution in [1.29, 1.82) is 0 Å². The molecule has 0 saturated heterocycles. The summed E-state index contributed by atoms with van der Waals surface area (Å²) >= 11 is 0. The molecule has 2 N–H and O–H groups in total. The third kappa shape index (κ3) is 2.45. The second-order valence-corrected chi connectivity index (χ2v) is 3.60. The third-order valence-corrected chi connectivity index (χ3v) is 2.35. The number of benzene rings is 2. The molecule has 2 aromatic rings. The highest BCUT2D eigenvalue weighted by Crippen LogP contribution is 2.21. The van der Waals surface area contributed by atoms with Crippen molar-refractivity contribution < 1.29 is 18.7 Å². The molecule has 0 aliphatic rings. The number of rotatable bonds is 3. The van der Waals surface area contributed by atoms with Crippen LogP contribution < -0.4 is 5.32 Å². The molecule has 0 saturated carbocycles. The van der Waals surface area contributed by atoms with E-state index in [2.05, 4.69) is 5.32 Å². The quantitative estimate of drug-likeness (QED) is 0.876. The summed E-state index contributed by atoms with van der Waals surface area (Å²) in [6.45, 7) is 0. The van der Waals surface area contributed by atoms with Gasteiger partial charge in [0, 0.05) is 5.69 Å². The fourth-order valence-electron chi connectivity index (χ4n) is 1.49. The molecular formula is C13H9F2NO2. The molecule has 18 heavy (non-hydrogen) atoms. The SMILES string of the molecule is O=C(O)c1cc(Nc2ccccc2F)ccc1F. The average molecular weight is 249 g/mol. The lowest BCUT2D eigenvalue weighted by Gasteiger charge is -2.08. The summed E-state index contributed by atoms with van der Waals surface area (Å²) in [5.41, 5.74) is 0.0377. The summed E-state index contributed by atoms with van der Waals surface area (Å²) in [5.74, 6) is -2.68. The highest BCUT2D eigenvalue weighted by molar-refractivity contribution is 5.89. The maximum Gasteiger partial charge on any atom is 0.338 e. The molecule has 0 fully saturated rings. The zero-order valence-electron chi connectivity index (χ0n) is 9.15. The topological polar surface area (TPSA) is 49.3 Å². The number of carbonyl (C=O) groups is 1. The van der Waals surface area contributed by atoms with Crippen LogP contribution in [-0.2, 0) is 0 Å². The molecule has 0 aromatic heterocycles. The Labute approximate surface area is 102 Å². The highest BCUT2D eigenvalue weighted by Gasteiger charge is 2.11. The number of halogens is 2. The molecule has 92 valence electrons. The smallest absolute Gasteiger partial charge is 0.338 e. The second-order valence-electron chi connectivity index (χ2n) is 3.60. The number of carboxylic acid groups (broad SMARTS) is 1. The standard InChI is InChI=1S/C13H9F2NO2/c14-10-6-5-8(7-9(10)13(17)18)16-12-4-2-1-3-11(12)15/h1-7,16H,(H,17,18). The van der Waals surface area contributed by atoms with Crippen LogP contribution in [0.15, 0.2) is 42.5 Å². The van der Waals surface area contributed by atoms with Gasteiger partial charge in [0.25, 0.3) is 0 Å². The lowest BCUT2D eigenvalue weighted by molar-refractivity contribution is 0.0692. The molecule has 0 aliphatic carbocycles. The van der Waals surface area contributed by atoms with Crippen molar-refractivity contribution in [3.63, 3.8) is 0 Å². The lowest BCUT2D eigenvalue weighted by Crippen LogP contribution is -2.02. The first-order chi connectivity index (χ1) is 8.58. The van der Waals surface area contributed by atoms with Crippen molar-refractivity contribution in [2.75, 3.05) is 5.32 Å². The van der Waals surface area contributed by atoms with Crippen LogP contribution in [0.3, 0.4) is 0 Å². The Hall–Kier alpha value is -2.43. The van der Waals surface area contributed by atoms with Crippen molar-refractivity contribution in [3.8, 4) is 0 Å². The van der Waals surface area contributed by atoms with Crippen LogP contribution in [0.1, 0.15) is 10.4 Å². The van der Waals surface area contributed by atoms with Crippen LogP contribution in [0.25, 0.3) is 0 Å². The van der Waals surface area contributed by atoms with Crippen molar-refractivity contribution in [2.24, 2.45) is 0 Å². The Kier molecular flexibility index (Phi) is 3.23. The maximum absolute atomic E-state index is 13.4. The first kappa shape index (κ1) is 12.0. The van der Waals surface area contributed by atoms with E-state index in [1.54, 1.807) is 6.07 Å². The van der Waals surface area contributed by atoms with E-state index in [1.165, 1.54) is 24.3 Å². The van der Waals surface area contributed by atoms with Crippen molar-refractivity contribution in [2.45, 2.75) is 0 Å². The lowest BCUT2D eigenvalue weighted by atomic mass is 10.2. The fraction of sp³-hybridized carbons (Fsp3) is 0. The van der Waals surface area contributed by atoms with E-state index in [0.717, 1.165) is 12.1 Å². The number of hydrogen-bond acceptors (Lipinski definition) is 2. The van der Waals surface area contributed by atoms with Gasteiger partial charge in [0.05, 0.1) is 11.3 Å². The summed E-state index contributed by atoms with van der Waals surface area (Å²) in [4.78, 5) is 10.8. The molecule has 2 rings (SSSR count). The van der Waals surface area contributed by atoms with Crippen molar-refractivity contribution in [3.05, 3.63) is 59.7 Å². The van der Waals surface area contributed by atoms with Crippen LogP contribution in [0, 0.1) is 11.6 Å². The average Bonchev–Trinajstić information content (AvgIpc) is 2.34. The van der Waals surface area contributed by atoms with Crippen LogP contribution in [-0.4, -0.2) is 11.1 Å². The predicted molar refractivity (Wildman–Crippen MR) is 63.0 cm³/mol. The fourth-order valence-corrected chi connectivity index (χ4v) is 1.49. The van der Waals surface area contributed by atoms with Crippen LogP contribution >= 0.6 is 0 Å². The van der Waals surface area contributed by atoms with Gasteiger partial charge in [-0.25, -0.2) is 13.6 Å². The van der Waals surface area contributed by atoms with Gasteiger partial charge in [0.15, 0.2) is 0 Å². The van der Waals surface area contributed by atoms with E-state index in [-0.39, 0.29) is 5.69 Å². The summed E-state index contributed by atoms with van der Waals surface area (Å²) < 4.78 is 26.5. The summed E-state index contributed by atoms with van der Waals surface area (Å²) in [5, 5.41) is 11.5. The molecule has 0 spiro atoms. The van der Waals surface area contributed by atoms with Crippen LogP contribution in [0.4, 0.5) is 20.2 Å². The molecule has 0 unspecified atom stereocenters. The van der Waals surface area contributed by atoms with Crippen molar-refractivity contribution >= 4 is 17.3 Å². The summed E-state index contributed by atoms with van der Waals surface area (Å²) in [6.07, 6.45) is 0. The van der Waals surface area contributed by atoms with Gasteiger partial charge in [-0.15, -0.1) is 0 Å². The van der Waals surface area contributed by atoms with E-state index < -0.39 is 23.2 Å². The molecule has 0 heterocycles. The Morgan fingerprint density at radius 2 is 1.78 bits per heavy atom. The van der Waals surface area contributed by atoms with Gasteiger partial charge in [-0.2, -0.15) is 0 Å². The number of aromatic carboxylic acids is 1. The Morgan fingerprint density at radius 1 is 1.06 bits per heavy atom. The zero-order valence-corrected chi connectivity index (χ0v) is 9.15. The summed E-state index contributed by atoms with van der Waals surface area (Å²) in [7, 11) is 0. The van der Waals surface area contributed by atoms with E-state index in [4.69, 9.17) is 5.11 Å². The zero-order chi connectivity index (χ0) is 13.1. The van der Waals surface area contributed by atoms with E-state index in [1.807, 2.05) is 0 Å². The molecule has 0 atom stereocenters. The van der Waals surface area contributed by atoms with Crippen LogP contribution in [0.5, 0.6) is 0 Å². The van der Waals surface area contributed by atoms with Gasteiger partial charge >= 0.3 is 5.97 Å². The molecule has 3 nitrogen and oxygen atoms in total. The monoisotopic (exact) mass is 249 g/mol. The molecule has 2 aromatic carbocycles. The predicted octanol–water partition coefficient (Wildman–Crippen LogP) is 3.41. The Morgan fingerprint density at radius 3 is 2.44 bits per heavy atom. The largest absolute Gasteiger partial charge is 0.478 e. The highest BCUT2D eigenvalue weighted by atomic mass is 19.1. The van der Waals surface area contributed by atoms with E-state index in [0.29, 0.717) is 5.69 Å². The third-order valence-electron chi connectivity index (χ3n) is 2.35. The summed E-state index contributed by atoms with van der Waals surface area (Å²) in [6, 6.07) is 9.41. The Bertz CT molecular complexity index is 599. The minimum absolute atomic E-state index is 0.195. The molecular weight excluding hydrogens is 240 g/mol. The minimum atomic E-state index is -1.37. The van der Waals surface area contributed by atoms with Gasteiger partial charge in [-0.1, -0.05) is 12.1 Å². The van der Waals surface area contributed by atoms with E-state index >= 15 is 0 Å². The molecule has 0 amide bonds. The molecule has 0 radical (unpaired) electrons. The van der Waals surface area contributed by atoms with Crippen LogP contribution in [0.2, 0.25) is 0 Å². The van der Waals surface area contributed by atoms with Crippen molar-refractivity contribution in [1.82, 2.24) is 0 Å². The number of para-hydroxylation sites is 1. The number of hydrogen-bond donors (Lipinski definition) is 2. The number of carboxylic acids is 1. The Balaban J connectivity index is 2.33. The molecule has 0 aliphatic heterocycles. The maximum atomic E-state index is 13.4. The minimum Gasteiger partial charge on any atom is -0.478 e. The van der Waals surface area contributed by atoms with E-state index in [9.17, 15) is 13.6 Å². The second kappa shape index (κ2) is 4.83. The normalized spacial score (nSPS) is 10.1. The number of anilines is 2. The van der Waals surface area contributed by atoms with Gasteiger partial charge in [0.1, 0.15) is 11.6 Å². The molecule has 0 bridgehead atoms. The number of nitrogens with one attached hydrogen (secondary N) is 1.